The maximum Gasteiger partial charge on any atom is 0.251 e. The van der Waals surface area contributed by atoms with Crippen LogP contribution in [0.3, 0.4) is 0 Å². The monoisotopic (exact) mass is 430 g/mol. The Hall–Kier alpha value is -2.80. The highest BCUT2D eigenvalue weighted by molar-refractivity contribution is 5.94. The van der Waals surface area contributed by atoms with Crippen molar-refractivity contribution in [3.63, 3.8) is 0 Å². The lowest BCUT2D eigenvalue weighted by Gasteiger charge is -2.38. The summed E-state index contributed by atoms with van der Waals surface area (Å²) >= 11 is 0. The summed E-state index contributed by atoms with van der Waals surface area (Å²) in [6.45, 7) is 4.10. The zero-order valence-corrected chi connectivity index (χ0v) is 17.8. The molecule has 0 unspecified atom stereocenters. The summed E-state index contributed by atoms with van der Waals surface area (Å²) in [6.07, 6.45) is -0.787. The zero-order chi connectivity index (χ0) is 22.4. The Labute approximate surface area is 181 Å². The molecule has 2 aromatic rings. The van der Waals surface area contributed by atoms with Gasteiger partial charge in [-0.15, -0.1) is 0 Å². The van der Waals surface area contributed by atoms with Crippen molar-refractivity contribution in [2.75, 3.05) is 19.7 Å². The fraction of sp³-hybridized carbons (Fsp3) is 0.417. The zero-order valence-electron chi connectivity index (χ0n) is 17.8. The van der Waals surface area contributed by atoms with Crippen molar-refractivity contribution in [3.05, 3.63) is 65.7 Å². The Morgan fingerprint density at radius 3 is 2.48 bits per heavy atom. The van der Waals surface area contributed by atoms with E-state index in [1.807, 2.05) is 30.3 Å². The number of ether oxygens (including phenoxy) is 1. The van der Waals surface area contributed by atoms with E-state index < -0.39 is 24.3 Å². The lowest BCUT2D eigenvalue weighted by Crippen LogP contribution is -2.55. The number of nitrogens with one attached hydrogen (secondary N) is 1. The highest BCUT2D eigenvalue weighted by Gasteiger charge is 2.43. The van der Waals surface area contributed by atoms with Gasteiger partial charge in [0.05, 0.1) is 12.1 Å². The van der Waals surface area contributed by atoms with E-state index >= 15 is 0 Å². The summed E-state index contributed by atoms with van der Waals surface area (Å²) in [4.78, 5) is 26.1. The van der Waals surface area contributed by atoms with E-state index in [1.54, 1.807) is 36.1 Å². The van der Waals surface area contributed by atoms with E-state index in [9.17, 15) is 18.4 Å². The quantitative estimate of drug-likeness (QED) is 0.637. The average molecular weight is 430 g/mol. The molecular weight excluding hydrogens is 402 g/mol. The normalized spacial score (nSPS) is 19.4. The molecule has 1 heterocycles. The van der Waals surface area contributed by atoms with Crippen molar-refractivity contribution in [1.29, 1.82) is 0 Å². The number of nitrogens with zero attached hydrogens (tertiary/aromatic N) is 1. The number of likely N-dealkylation sites (tertiary alicyclic amines) is 1. The molecule has 0 radical (unpaired) electrons. The number of Topliss-reactive ketones (excluding diaryl/α,β-unsaturated/α-hetero) is 1. The van der Waals surface area contributed by atoms with Crippen molar-refractivity contribution in [2.45, 2.75) is 44.7 Å². The molecule has 31 heavy (non-hydrogen) atoms. The first-order valence-electron chi connectivity index (χ1n) is 10.5. The number of benzene rings is 2. The van der Waals surface area contributed by atoms with Gasteiger partial charge in [-0.05, 0) is 31.5 Å². The van der Waals surface area contributed by atoms with E-state index in [0.717, 1.165) is 5.56 Å². The van der Waals surface area contributed by atoms with Gasteiger partial charge < -0.3 is 10.1 Å². The number of carbonyl (C=O) groups excluding carboxylic acids is 2. The fourth-order valence-corrected chi connectivity index (χ4v) is 3.70. The van der Waals surface area contributed by atoms with Crippen molar-refractivity contribution in [3.8, 4) is 5.75 Å². The second kappa shape index (κ2) is 10.0. The number of rotatable bonds is 8. The topological polar surface area (TPSA) is 58.6 Å². The number of halogens is 2. The van der Waals surface area contributed by atoms with Gasteiger partial charge in [0.1, 0.15) is 12.4 Å². The molecule has 3 rings (SSSR count). The second-order valence-electron chi connectivity index (χ2n) is 7.93. The summed E-state index contributed by atoms with van der Waals surface area (Å²) in [5.41, 5.74) is 1.39. The summed E-state index contributed by atoms with van der Waals surface area (Å²) in [5, 5.41) is 2.85. The molecule has 1 amide bonds. The molecule has 1 aliphatic heterocycles. The van der Waals surface area contributed by atoms with Crippen molar-refractivity contribution in [2.24, 2.45) is 0 Å². The standard InChI is InChI=1S/C24H28F2N2O3/c1-17(19-8-10-20(11-9-19)18(2)29)27-23(30)22-16-24(25,26)12-13-28(22)14-15-31-21-6-4-3-5-7-21/h3-11,17,22H,12-16H2,1-2H3,(H,27,30)/t17-,22+/m0/s1. The molecule has 1 fully saturated rings. The number of carbonyl (C=O) groups is 2. The number of hydrogen-bond donors (Lipinski definition) is 1. The molecular formula is C24H28F2N2O3. The molecule has 0 aliphatic carbocycles. The molecule has 1 aliphatic rings. The first-order valence-corrected chi connectivity index (χ1v) is 10.5. The number of alkyl halides is 2. The third-order valence-corrected chi connectivity index (χ3v) is 5.57. The third kappa shape index (κ3) is 6.34. The summed E-state index contributed by atoms with van der Waals surface area (Å²) in [6, 6.07) is 14.9. The van der Waals surface area contributed by atoms with Gasteiger partial charge in [0, 0.05) is 31.5 Å². The minimum Gasteiger partial charge on any atom is -0.492 e. The molecule has 7 heteroatoms. The molecule has 1 saturated heterocycles. The lowest BCUT2D eigenvalue weighted by molar-refractivity contribution is -0.138. The molecule has 0 saturated carbocycles. The Balaban J connectivity index is 1.62. The van der Waals surface area contributed by atoms with E-state index in [2.05, 4.69) is 5.32 Å². The van der Waals surface area contributed by atoms with Crippen molar-refractivity contribution < 1.29 is 23.1 Å². The Bertz CT molecular complexity index is 887. The van der Waals surface area contributed by atoms with Gasteiger partial charge >= 0.3 is 0 Å². The number of hydrogen-bond acceptors (Lipinski definition) is 4. The Morgan fingerprint density at radius 1 is 1.16 bits per heavy atom. The molecule has 2 atom stereocenters. The fourth-order valence-electron chi connectivity index (χ4n) is 3.70. The van der Waals surface area contributed by atoms with E-state index in [0.29, 0.717) is 24.5 Å². The van der Waals surface area contributed by atoms with Crippen molar-refractivity contribution >= 4 is 11.7 Å². The number of para-hydroxylation sites is 1. The van der Waals surface area contributed by atoms with Crippen LogP contribution in [0.1, 0.15) is 48.7 Å². The highest BCUT2D eigenvalue weighted by Crippen LogP contribution is 2.32. The van der Waals surface area contributed by atoms with Crippen LogP contribution in [-0.2, 0) is 4.79 Å². The van der Waals surface area contributed by atoms with Crippen molar-refractivity contribution in [1.82, 2.24) is 10.2 Å². The van der Waals surface area contributed by atoms with Crippen LogP contribution < -0.4 is 10.1 Å². The highest BCUT2D eigenvalue weighted by atomic mass is 19.3. The Kier molecular flexibility index (Phi) is 7.38. The molecule has 166 valence electrons. The first kappa shape index (κ1) is 22.9. The third-order valence-electron chi connectivity index (χ3n) is 5.57. The minimum absolute atomic E-state index is 0.0407. The van der Waals surface area contributed by atoms with Crippen LogP contribution >= 0.6 is 0 Å². The van der Waals surface area contributed by atoms with Crippen LogP contribution in [0, 0.1) is 0 Å². The molecule has 5 nitrogen and oxygen atoms in total. The maximum absolute atomic E-state index is 14.1. The van der Waals surface area contributed by atoms with Gasteiger partial charge in [0.15, 0.2) is 5.78 Å². The van der Waals surface area contributed by atoms with Crippen LogP contribution in [0.2, 0.25) is 0 Å². The van der Waals surface area contributed by atoms with Crippen LogP contribution in [0.5, 0.6) is 5.75 Å². The molecule has 1 N–H and O–H groups in total. The summed E-state index contributed by atoms with van der Waals surface area (Å²) in [7, 11) is 0. The molecule has 0 bridgehead atoms. The average Bonchev–Trinajstić information content (AvgIpc) is 2.75. The summed E-state index contributed by atoms with van der Waals surface area (Å²) < 4.78 is 33.9. The van der Waals surface area contributed by atoms with Gasteiger partial charge in [-0.2, -0.15) is 0 Å². The lowest BCUT2D eigenvalue weighted by atomic mass is 9.97. The molecule has 0 aromatic heterocycles. The van der Waals surface area contributed by atoms with E-state index in [1.165, 1.54) is 6.92 Å². The summed E-state index contributed by atoms with van der Waals surface area (Å²) in [5.74, 6) is -2.64. The van der Waals surface area contributed by atoms with Crippen LogP contribution in [0.4, 0.5) is 8.78 Å². The second-order valence-corrected chi connectivity index (χ2v) is 7.93. The van der Waals surface area contributed by atoms with E-state index in [4.69, 9.17) is 4.74 Å². The van der Waals surface area contributed by atoms with Gasteiger partial charge in [0.2, 0.25) is 5.91 Å². The Morgan fingerprint density at radius 2 is 1.84 bits per heavy atom. The predicted octanol–water partition coefficient (Wildman–Crippen LogP) is 4.25. The van der Waals surface area contributed by atoms with Gasteiger partial charge in [-0.25, -0.2) is 8.78 Å². The number of ketones is 1. The maximum atomic E-state index is 14.1. The van der Waals surface area contributed by atoms with Gasteiger partial charge in [0.25, 0.3) is 5.92 Å². The number of piperidine rings is 1. The van der Waals surface area contributed by atoms with E-state index in [-0.39, 0.29) is 24.8 Å². The first-order chi connectivity index (χ1) is 14.7. The number of amides is 1. The predicted molar refractivity (Wildman–Crippen MR) is 114 cm³/mol. The van der Waals surface area contributed by atoms with Gasteiger partial charge in [-0.1, -0.05) is 42.5 Å². The smallest absolute Gasteiger partial charge is 0.251 e. The molecule has 2 aromatic carbocycles. The van der Waals surface area contributed by atoms with Crippen LogP contribution in [0.15, 0.2) is 54.6 Å². The minimum atomic E-state index is -2.87. The largest absolute Gasteiger partial charge is 0.492 e. The SMILES string of the molecule is CC(=O)c1ccc([C@H](C)NC(=O)[C@H]2CC(F)(F)CCN2CCOc2ccccc2)cc1. The van der Waals surface area contributed by atoms with Gasteiger partial charge in [-0.3, -0.25) is 14.5 Å². The van der Waals surface area contributed by atoms with Crippen LogP contribution in [-0.4, -0.2) is 48.3 Å². The van der Waals surface area contributed by atoms with Crippen LogP contribution in [0.25, 0.3) is 0 Å². The molecule has 0 spiro atoms.